The van der Waals surface area contributed by atoms with Crippen molar-refractivity contribution in [3.8, 4) is 5.75 Å². The van der Waals surface area contributed by atoms with E-state index in [2.05, 4.69) is 10.6 Å². The van der Waals surface area contributed by atoms with Crippen LogP contribution in [0.3, 0.4) is 0 Å². The Bertz CT molecular complexity index is 1120. The minimum Gasteiger partial charge on any atom is -0.495 e. The first-order chi connectivity index (χ1) is 14.1. The first-order valence-corrected chi connectivity index (χ1v) is 10.1. The summed E-state index contributed by atoms with van der Waals surface area (Å²) in [5.41, 5.74) is 0.732. The van der Waals surface area contributed by atoms with Crippen molar-refractivity contribution < 1.29 is 23.5 Å². The van der Waals surface area contributed by atoms with Gasteiger partial charge in [0.25, 0.3) is 5.91 Å². The molecule has 3 rings (SSSR count). The van der Waals surface area contributed by atoms with E-state index >= 15 is 0 Å². The van der Waals surface area contributed by atoms with Gasteiger partial charge in [-0.25, -0.2) is 9.18 Å². The predicted molar refractivity (Wildman–Crippen MR) is 117 cm³/mol. The van der Waals surface area contributed by atoms with E-state index in [0.717, 1.165) is 0 Å². The van der Waals surface area contributed by atoms with Gasteiger partial charge >= 0.3 is 6.09 Å². The van der Waals surface area contributed by atoms with Gasteiger partial charge in [-0.05, 0) is 63.6 Å². The minimum atomic E-state index is -0.656. The fourth-order valence-corrected chi connectivity index (χ4v) is 4.07. The lowest BCUT2D eigenvalue weighted by Crippen LogP contribution is -2.27. The largest absolute Gasteiger partial charge is 0.495 e. The maximum atomic E-state index is 14.1. The summed E-state index contributed by atoms with van der Waals surface area (Å²) < 4.78 is 25.4. The Kier molecular flexibility index (Phi) is 5.98. The second-order valence-corrected chi connectivity index (χ2v) is 8.72. The Hall–Kier alpha value is -3.13. The van der Waals surface area contributed by atoms with E-state index in [4.69, 9.17) is 9.47 Å². The summed E-state index contributed by atoms with van der Waals surface area (Å²) in [5.74, 6) is -0.297. The second-order valence-electron chi connectivity index (χ2n) is 7.67. The van der Waals surface area contributed by atoms with Crippen molar-refractivity contribution in [2.75, 3.05) is 17.7 Å². The van der Waals surface area contributed by atoms with Crippen LogP contribution in [0.4, 0.5) is 20.6 Å². The summed E-state index contributed by atoms with van der Waals surface area (Å²) in [6, 6.07) is 9.63. The number of ether oxygens (including phenoxy) is 2. The molecule has 1 aromatic heterocycles. The Morgan fingerprint density at radius 3 is 2.47 bits per heavy atom. The van der Waals surface area contributed by atoms with E-state index in [1.807, 2.05) is 0 Å². The number of aryl methyl sites for hydroxylation is 1. The Morgan fingerprint density at radius 2 is 1.83 bits per heavy atom. The fourth-order valence-electron chi connectivity index (χ4n) is 2.95. The number of hydrogen-bond donors (Lipinski definition) is 2. The number of halogens is 1. The van der Waals surface area contributed by atoms with Gasteiger partial charge in [0.15, 0.2) is 0 Å². The number of amides is 2. The summed E-state index contributed by atoms with van der Waals surface area (Å²) in [7, 11) is 1.48. The quantitative estimate of drug-likeness (QED) is 0.536. The monoisotopic (exact) mass is 430 g/mol. The molecule has 2 amide bonds. The molecule has 0 unspecified atom stereocenters. The summed E-state index contributed by atoms with van der Waals surface area (Å²) in [6.45, 7) is 7.00. The van der Waals surface area contributed by atoms with Crippen LogP contribution in [0.25, 0.3) is 10.1 Å². The molecule has 0 atom stereocenters. The molecule has 0 saturated carbocycles. The van der Waals surface area contributed by atoms with Crippen LogP contribution >= 0.6 is 11.3 Å². The van der Waals surface area contributed by atoms with Crippen molar-refractivity contribution in [2.24, 2.45) is 0 Å². The van der Waals surface area contributed by atoms with Crippen molar-refractivity contribution in [1.82, 2.24) is 0 Å². The van der Waals surface area contributed by atoms with Crippen molar-refractivity contribution in [2.45, 2.75) is 33.3 Å². The number of thiophene rings is 1. The number of carbonyl (C=O) groups is 2. The average molecular weight is 431 g/mol. The smallest absolute Gasteiger partial charge is 0.412 e. The topological polar surface area (TPSA) is 76.7 Å². The van der Waals surface area contributed by atoms with Crippen LogP contribution in [-0.4, -0.2) is 24.7 Å². The third kappa shape index (κ3) is 4.71. The molecule has 6 nitrogen and oxygen atoms in total. The number of rotatable bonds is 4. The Labute approximate surface area is 178 Å². The van der Waals surface area contributed by atoms with Crippen molar-refractivity contribution >= 4 is 44.8 Å². The number of carbonyl (C=O) groups excluding carboxylic acids is 2. The highest BCUT2D eigenvalue weighted by atomic mass is 32.1. The molecule has 158 valence electrons. The molecular weight excluding hydrogens is 407 g/mol. The first kappa shape index (κ1) is 21.6. The molecular formula is C22H23FN2O4S. The zero-order valence-corrected chi connectivity index (χ0v) is 18.2. The summed E-state index contributed by atoms with van der Waals surface area (Å²) in [5, 5.41) is 5.87. The normalized spacial score (nSPS) is 11.3. The molecule has 2 N–H and O–H groups in total. The number of hydrogen-bond acceptors (Lipinski definition) is 5. The molecule has 0 radical (unpaired) electrons. The lowest BCUT2D eigenvalue weighted by molar-refractivity contribution is 0.0635. The third-order valence-corrected chi connectivity index (χ3v) is 5.46. The third-order valence-electron chi connectivity index (χ3n) is 4.20. The molecule has 0 fully saturated rings. The Balaban J connectivity index is 1.85. The van der Waals surface area contributed by atoms with Crippen LogP contribution < -0.4 is 15.4 Å². The molecule has 0 saturated heterocycles. The van der Waals surface area contributed by atoms with Crippen molar-refractivity contribution in [3.05, 3.63) is 52.7 Å². The molecule has 0 aliphatic heterocycles. The second kappa shape index (κ2) is 8.31. The molecule has 3 aromatic rings. The highest BCUT2D eigenvalue weighted by molar-refractivity contribution is 7.21. The van der Waals surface area contributed by atoms with Gasteiger partial charge < -0.3 is 14.8 Å². The van der Waals surface area contributed by atoms with Gasteiger partial charge in [-0.2, -0.15) is 0 Å². The maximum absolute atomic E-state index is 14.1. The van der Waals surface area contributed by atoms with Gasteiger partial charge in [0, 0.05) is 15.8 Å². The summed E-state index contributed by atoms with van der Waals surface area (Å²) >= 11 is 1.23. The highest BCUT2D eigenvalue weighted by Crippen LogP contribution is 2.34. The number of benzene rings is 2. The number of nitrogens with one attached hydrogen (secondary N) is 2. The van der Waals surface area contributed by atoms with Crippen LogP contribution in [0.5, 0.6) is 5.75 Å². The van der Waals surface area contributed by atoms with Gasteiger partial charge in [0.05, 0.1) is 17.7 Å². The van der Waals surface area contributed by atoms with E-state index in [-0.39, 0.29) is 11.7 Å². The predicted octanol–water partition coefficient (Wildman–Crippen LogP) is 5.96. The molecule has 8 heteroatoms. The minimum absolute atomic E-state index is 0.351. The van der Waals surface area contributed by atoms with E-state index in [0.29, 0.717) is 37.7 Å². The van der Waals surface area contributed by atoms with Gasteiger partial charge in [-0.1, -0.05) is 6.07 Å². The SMILES string of the molecule is COc1ccc(NC(=O)c2sc3cccc(F)c3c2C)cc1NC(=O)OC(C)(C)C. The van der Waals surface area contributed by atoms with Crippen LogP contribution in [-0.2, 0) is 4.74 Å². The Morgan fingerprint density at radius 1 is 1.10 bits per heavy atom. The molecule has 2 aromatic carbocycles. The molecule has 30 heavy (non-hydrogen) atoms. The number of fused-ring (bicyclic) bond motifs is 1. The van der Waals surface area contributed by atoms with Crippen LogP contribution in [0.1, 0.15) is 36.0 Å². The zero-order valence-electron chi connectivity index (χ0n) is 17.4. The number of methoxy groups -OCH3 is 1. The molecule has 0 bridgehead atoms. The average Bonchev–Trinajstić information content (AvgIpc) is 2.98. The van der Waals surface area contributed by atoms with Gasteiger partial charge in [0.1, 0.15) is 17.2 Å². The van der Waals surface area contributed by atoms with E-state index in [1.165, 1.54) is 24.5 Å². The van der Waals surface area contributed by atoms with Crippen LogP contribution in [0.2, 0.25) is 0 Å². The highest BCUT2D eigenvalue weighted by Gasteiger charge is 2.20. The molecule has 0 aliphatic carbocycles. The van der Waals surface area contributed by atoms with Crippen molar-refractivity contribution in [1.29, 1.82) is 0 Å². The van der Waals surface area contributed by atoms with Gasteiger partial charge in [-0.15, -0.1) is 11.3 Å². The summed E-state index contributed by atoms with van der Waals surface area (Å²) in [4.78, 5) is 25.4. The lowest BCUT2D eigenvalue weighted by Gasteiger charge is -2.20. The maximum Gasteiger partial charge on any atom is 0.412 e. The van der Waals surface area contributed by atoms with E-state index < -0.39 is 11.7 Å². The van der Waals surface area contributed by atoms with Gasteiger partial charge in [0.2, 0.25) is 0 Å². The molecule has 1 heterocycles. The molecule has 0 spiro atoms. The molecule has 0 aliphatic rings. The van der Waals surface area contributed by atoms with Crippen molar-refractivity contribution in [3.63, 3.8) is 0 Å². The standard InChI is InChI=1S/C22H23FN2O4S/c1-12-18-14(23)7-6-8-17(18)30-19(12)20(26)24-13-9-10-16(28-5)15(11-13)25-21(27)29-22(2,3)4/h6-11H,1-5H3,(H,24,26)(H,25,27). The fraction of sp³-hybridized carbons (Fsp3) is 0.273. The van der Waals surface area contributed by atoms with Gasteiger partial charge in [-0.3, -0.25) is 10.1 Å². The first-order valence-electron chi connectivity index (χ1n) is 9.26. The summed E-state index contributed by atoms with van der Waals surface area (Å²) in [6.07, 6.45) is -0.639. The lowest BCUT2D eigenvalue weighted by atomic mass is 10.1. The van der Waals surface area contributed by atoms with E-state index in [1.54, 1.807) is 58.0 Å². The van der Waals surface area contributed by atoms with E-state index in [9.17, 15) is 14.0 Å². The zero-order chi connectivity index (χ0) is 22.1. The van der Waals surface area contributed by atoms with Crippen LogP contribution in [0, 0.1) is 12.7 Å². The van der Waals surface area contributed by atoms with Crippen LogP contribution in [0.15, 0.2) is 36.4 Å². The number of anilines is 2.